The molecule has 3 heterocycles. The highest BCUT2D eigenvalue weighted by Gasteiger charge is 2.28. The minimum absolute atomic E-state index is 0.0430. The van der Waals surface area contributed by atoms with Crippen molar-refractivity contribution in [2.75, 3.05) is 18.5 Å². The Morgan fingerprint density at radius 3 is 2.72 bits per heavy atom. The zero-order valence-corrected chi connectivity index (χ0v) is 13.6. The van der Waals surface area contributed by atoms with Crippen molar-refractivity contribution in [2.24, 2.45) is 5.92 Å². The summed E-state index contributed by atoms with van der Waals surface area (Å²) in [5, 5.41) is 0. The number of para-hydroxylation sites is 2. The van der Waals surface area contributed by atoms with E-state index in [9.17, 15) is 9.59 Å². The molecule has 25 heavy (non-hydrogen) atoms. The molecule has 2 aromatic heterocycles. The normalized spacial score (nSPS) is 15.4. The molecule has 2 amide bonds. The predicted molar refractivity (Wildman–Crippen MR) is 91.4 cm³/mol. The van der Waals surface area contributed by atoms with Gasteiger partial charge in [0.05, 0.1) is 22.9 Å². The van der Waals surface area contributed by atoms with Crippen LogP contribution in [0.3, 0.4) is 0 Å². The van der Waals surface area contributed by atoms with Gasteiger partial charge in [0.1, 0.15) is 12.6 Å². The quantitative estimate of drug-likeness (QED) is 0.794. The van der Waals surface area contributed by atoms with E-state index < -0.39 is 0 Å². The summed E-state index contributed by atoms with van der Waals surface area (Å²) in [5.74, 6) is -0.207. The fourth-order valence-corrected chi connectivity index (χ4v) is 3.17. The molecule has 0 radical (unpaired) electrons. The molecule has 1 aromatic carbocycles. The van der Waals surface area contributed by atoms with Crippen molar-refractivity contribution in [3.8, 4) is 0 Å². The van der Waals surface area contributed by atoms with E-state index in [0.29, 0.717) is 31.5 Å². The predicted octanol–water partition coefficient (Wildman–Crippen LogP) is 2.25. The van der Waals surface area contributed by atoms with Crippen LogP contribution in [0.1, 0.15) is 23.2 Å². The zero-order valence-electron chi connectivity index (χ0n) is 13.6. The molecule has 0 spiro atoms. The van der Waals surface area contributed by atoms with Gasteiger partial charge in [-0.25, -0.2) is 9.66 Å². The van der Waals surface area contributed by atoms with Gasteiger partial charge >= 0.3 is 0 Å². The van der Waals surface area contributed by atoms with Gasteiger partial charge in [-0.15, -0.1) is 0 Å². The number of piperidine rings is 1. The molecule has 0 bridgehead atoms. The van der Waals surface area contributed by atoms with Crippen molar-refractivity contribution in [1.29, 1.82) is 0 Å². The molecule has 1 fully saturated rings. The molecule has 0 atom stereocenters. The Labute approximate surface area is 144 Å². The number of benzene rings is 1. The van der Waals surface area contributed by atoms with Crippen LogP contribution in [0.15, 0.2) is 53.6 Å². The van der Waals surface area contributed by atoms with Crippen LogP contribution in [0, 0.1) is 5.92 Å². The van der Waals surface area contributed by atoms with Crippen molar-refractivity contribution in [3.63, 3.8) is 0 Å². The summed E-state index contributed by atoms with van der Waals surface area (Å²) in [7, 11) is 0. The lowest BCUT2D eigenvalue weighted by Gasteiger charge is -2.31. The van der Waals surface area contributed by atoms with E-state index in [1.807, 2.05) is 24.3 Å². The number of carbonyl (C=O) groups is 2. The number of carbonyl (C=O) groups excluding carboxylic acids is 2. The molecule has 7 heteroatoms. The number of imidazole rings is 1. The van der Waals surface area contributed by atoms with E-state index in [2.05, 4.69) is 10.4 Å². The minimum atomic E-state index is -0.116. The first-order valence-electron chi connectivity index (χ1n) is 8.27. The average molecular weight is 338 g/mol. The summed E-state index contributed by atoms with van der Waals surface area (Å²) >= 11 is 0. The Bertz CT molecular complexity index is 892. The lowest BCUT2D eigenvalue weighted by Crippen LogP contribution is -2.42. The maximum absolute atomic E-state index is 12.5. The maximum Gasteiger partial charge on any atom is 0.257 e. The first kappa shape index (κ1) is 15.4. The third kappa shape index (κ3) is 3.00. The van der Waals surface area contributed by atoms with Crippen LogP contribution in [0.5, 0.6) is 0 Å². The Morgan fingerprint density at radius 1 is 1.16 bits per heavy atom. The second-order valence-electron chi connectivity index (χ2n) is 6.16. The summed E-state index contributed by atoms with van der Waals surface area (Å²) in [5.41, 5.74) is 5.15. The van der Waals surface area contributed by atoms with E-state index in [-0.39, 0.29) is 17.7 Å². The molecule has 1 aliphatic heterocycles. The Kier molecular flexibility index (Phi) is 3.97. The number of likely N-dealkylation sites (tertiary alicyclic amines) is 1. The second kappa shape index (κ2) is 6.43. The van der Waals surface area contributed by atoms with Gasteiger partial charge < -0.3 is 9.32 Å². The lowest BCUT2D eigenvalue weighted by molar-refractivity contribution is -0.122. The molecule has 3 aromatic rings. The highest BCUT2D eigenvalue weighted by Crippen LogP contribution is 2.20. The van der Waals surface area contributed by atoms with Gasteiger partial charge in [-0.3, -0.25) is 15.0 Å². The third-order valence-electron chi connectivity index (χ3n) is 4.61. The monoisotopic (exact) mass is 338 g/mol. The van der Waals surface area contributed by atoms with Gasteiger partial charge in [-0.1, -0.05) is 12.1 Å². The van der Waals surface area contributed by atoms with Crippen LogP contribution in [0.25, 0.3) is 11.0 Å². The van der Waals surface area contributed by atoms with Crippen LogP contribution < -0.4 is 5.43 Å². The smallest absolute Gasteiger partial charge is 0.257 e. The highest BCUT2D eigenvalue weighted by molar-refractivity contribution is 5.94. The molecule has 1 N–H and O–H groups in total. The third-order valence-corrected chi connectivity index (χ3v) is 4.61. The topological polar surface area (TPSA) is 80.4 Å². The van der Waals surface area contributed by atoms with Crippen LogP contribution in [0.4, 0.5) is 0 Å². The molecule has 1 saturated heterocycles. The van der Waals surface area contributed by atoms with Crippen LogP contribution in [-0.4, -0.2) is 39.5 Å². The summed E-state index contributed by atoms with van der Waals surface area (Å²) < 4.78 is 6.61. The van der Waals surface area contributed by atoms with Gasteiger partial charge in [0.25, 0.3) is 5.91 Å². The van der Waals surface area contributed by atoms with E-state index in [4.69, 9.17) is 4.42 Å². The first-order valence-corrected chi connectivity index (χ1v) is 8.27. The number of amides is 2. The van der Waals surface area contributed by atoms with E-state index >= 15 is 0 Å². The number of fused-ring (bicyclic) bond motifs is 1. The summed E-state index contributed by atoms with van der Waals surface area (Å²) in [6, 6.07) is 9.29. The average Bonchev–Trinajstić information content (AvgIpc) is 3.32. The molecule has 0 aliphatic carbocycles. The first-order chi connectivity index (χ1) is 12.2. The molecule has 4 rings (SSSR count). The largest absolute Gasteiger partial charge is 0.472 e. The number of hydrogen-bond acceptors (Lipinski definition) is 4. The van der Waals surface area contributed by atoms with Crippen LogP contribution in [-0.2, 0) is 4.79 Å². The number of nitrogens with one attached hydrogen (secondary N) is 1. The molecule has 7 nitrogen and oxygen atoms in total. The SMILES string of the molecule is O=C(Nn1cnc2ccccc21)C1CCN(C(=O)c2ccoc2)CC1. The fourth-order valence-electron chi connectivity index (χ4n) is 3.17. The number of aromatic nitrogens is 2. The molecular weight excluding hydrogens is 320 g/mol. The molecular formula is C18H18N4O3. The molecule has 128 valence electrons. The minimum Gasteiger partial charge on any atom is -0.472 e. The zero-order chi connectivity index (χ0) is 17.2. The number of rotatable bonds is 3. The van der Waals surface area contributed by atoms with Crippen molar-refractivity contribution < 1.29 is 14.0 Å². The Morgan fingerprint density at radius 2 is 1.96 bits per heavy atom. The van der Waals surface area contributed by atoms with Crippen molar-refractivity contribution >= 4 is 22.8 Å². The Balaban J connectivity index is 1.37. The van der Waals surface area contributed by atoms with Gasteiger partial charge in [-0.05, 0) is 31.0 Å². The van der Waals surface area contributed by atoms with E-state index in [1.165, 1.54) is 12.5 Å². The van der Waals surface area contributed by atoms with E-state index in [1.54, 1.807) is 22.0 Å². The van der Waals surface area contributed by atoms with Gasteiger partial charge in [0.2, 0.25) is 5.91 Å². The standard InChI is InChI=1S/C18H18N4O3/c23-17(20-22-12-19-15-3-1-2-4-16(15)22)13-5-8-21(9-6-13)18(24)14-7-10-25-11-14/h1-4,7,10-13H,5-6,8-9H2,(H,20,23). The second-order valence-corrected chi connectivity index (χ2v) is 6.16. The van der Waals surface area contributed by atoms with Crippen LogP contribution in [0.2, 0.25) is 0 Å². The van der Waals surface area contributed by atoms with Crippen molar-refractivity contribution in [2.45, 2.75) is 12.8 Å². The number of furan rings is 1. The Hall–Kier alpha value is -3.09. The molecule has 0 unspecified atom stereocenters. The summed E-state index contributed by atoms with van der Waals surface area (Å²) in [6.07, 6.45) is 5.83. The summed E-state index contributed by atoms with van der Waals surface area (Å²) in [6.45, 7) is 1.12. The van der Waals surface area contributed by atoms with Gasteiger partial charge in [-0.2, -0.15) is 0 Å². The fraction of sp³-hybridized carbons (Fsp3) is 0.278. The highest BCUT2D eigenvalue weighted by atomic mass is 16.3. The van der Waals surface area contributed by atoms with Crippen molar-refractivity contribution in [1.82, 2.24) is 14.6 Å². The lowest BCUT2D eigenvalue weighted by atomic mass is 9.96. The van der Waals surface area contributed by atoms with E-state index in [0.717, 1.165) is 11.0 Å². The maximum atomic E-state index is 12.5. The molecule has 1 aliphatic rings. The number of nitrogens with zero attached hydrogens (tertiary/aromatic N) is 3. The van der Waals surface area contributed by atoms with Crippen molar-refractivity contribution in [3.05, 3.63) is 54.7 Å². The summed E-state index contributed by atoms with van der Waals surface area (Å²) in [4.78, 5) is 30.9. The number of hydrogen-bond donors (Lipinski definition) is 1. The van der Waals surface area contributed by atoms with Gasteiger partial charge in [0, 0.05) is 19.0 Å². The van der Waals surface area contributed by atoms with Crippen LogP contribution >= 0.6 is 0 Å². The van der Waals surface area contributed by atoms with Gasteiger partial charge in [0.15, 0.2) is 0 Å². The molecule has 0 saturated carbocycles.